The fraction of sp³-hybridized carbons (Fsp3) is 0.318. The van der Waals surface area contributed by atoms with Gasteiger partial charge >= 0.3 is 18.0 Å². The number of hydrogen-bond acceptors (Lipinski definition) is 7. The molecule has 1 fully saturated rings. The summed E-state index contributed by atoms with van der Waals surface area (Å²) in [5.74, 6) is -2.22. The molecule has 32 heavy (non-hydrogen) atoms. The van der Waals surface area contributed by atoms with Gasteiger partial charge in [0.15, 0.2) is 0 Å². The largest absolute Gasteiger partial charge is 0.464 e. The Hall–Kier alpha value is -3.40. The Morgan fingerprint density at radius 2 is 1.50 bits per heavy atom. The monoisotopic (exact) mass is 460 g/mol. The topological polar surface area (TPSA) is 119 Å². The molecule has 0 radical (unpaired) electrons. The van der Waals surface area contributed by atoms with Crippen molar-refractivity contribution in [3.63, 3.8) is 0 Å². The van der Waals surface area contributed by atoms with Crippen LogP contribution in [0.15, 0.2) is 59.5 Å². The van der Waals surface area contributed by atoms with Gasteiger partial charge in [0.05, 0.1) is 18.1 Å². The number of nitrogens with zero attached hydrogens (tertiary/aromatic N) is 1. The van der Waals surface area contributed by atoms with Crippen molar-refractivity contribution in [1.82, 2.24) is 9.62 Å². The van der Waals surface area contributed by atoms with Gasteiger partial charge in [0.25, 0.3) is 15.6 Å². The number of rotatable bonds is 7. The number of urea groups is 1. The number of ether oxygens (including phenoxy) is 2. The molecule has 2 aromatic carbocycles. The molecule has 2 amide bonds. The van der Waals surface area contributed by atoms with Crippen molar-refractivity contribution in [3.05, 3.63) is 65.7 Å². The number of aryl methyl sites for hydroxylation is 1. The van der Waals surface area contributed by atoms with Crippen LogP contribution in [0, 0.1) is 6.92 Å². The highest BCUT2D eigenvalue weighted by Gasteiger charge is 2.67. The Balaban J connectivity index is 2.28. The molecule has 1 saturated heterocycles. The maximum absolute atomic E-state index is 13.5. The van der Waals surface area contributed by atoms with Gasteiger partial charge in [-0.25, -0.2) is 27.1 Å². The van der Waals surface area contributed by atoms with Crippen molar-refractivity contribution >= 4 is 28.0 Å². The molecule has 0 spiro atoms. The van der Waals surface area contributed by atoms with Crippen LogP contribution in [0.25, 0.3) is 0 Å². The van der Waals surface area contributed by atoms with Crippen LogP contribution in [-0.2, 0) is 29.1 Å². The molecule has 10 heteroatoms. The second-order valence-corrected chi connectivity index (χ2v) is 8.92. The van der Waals surface area contributed by atoms with Crippen LogP contribution in [0.3, 0.4) is 0 Å². The van der Waals surface area contributed by atoms with Gasteiger partial charge in [-0.15, -0.1) is 0 Å². The lowest BCUT2D eigenvalue weighted by Gasteiger charge is -2.32. The standard InChI is InChI=1S/C22H24N2O7S/c1-4-30-19(25)22(20(26)31-5-2)18(16-9-7-6-8-10-16)24(21(27)23-22)32(28,29)17-13-11-15(3)12-14-17/h6-14,18H,4-5H2,1-3H3,(H,23,27)/t18-/m1/s1. The van der Waals surface area contributed by atoms with Gasteiger partial charge in [0, 0.05) is 0 Å². The molecule has 9 nitrogen and oxygen atoms in total. The van der Waals surface area contributed by atoms with E-state index in [0.29, 0.717) is 4.31 Å². The number of sulfonamides is 1. The smallest absolute Gasteiger partial charge is 0.346 e. The second-order valence-electron chi connectivity index (χ2n) is 7.11. The molecular weight excluding hydrogens is 436 g/mol. The quantitative estimate of drug-likeness (QED) is 0.497. The summed E-state index contributed by atoms with van der Waals surface area (Å²) in [4.78, 5) is 39.1. The molecule has 3 rings (SSSR count). The van der Waals surface area contributed by atoms with Crippen LogP contribution < -0.4 is 5.32 Å². The Kier molecular flexibility index (Phi) is 6.54. The summed E-state index contributed by atoms with van der Waals surface area (Å²) in [6.45, 7) is 4.67. The maximum atomic E-state index is 13.5. The SMILES string of the molecule is CCOC(=O)C1(C(=O)OCC)NC(=O)N(S(=O)(=O)c2ccc(C)cc2)[C@@H]1c1ccccc1. The molecule has 0 aromatic heterocycles. The van der Waals surface area contributed by atoms with E-state index in [2.05, 4.69) is 5.32 Å². The summed E-state index contributed by atoms with van der Waals surface area (Å²) in [5, 5.41) is 2.28. The third-order valence-corrected chi connectivity index (χ3v) is 6.80. The van der Waals surface area contributed by atoms with E-state index in [1.54, 1.807) is 37.3 Å². The van der Waals surface area contributed by atoms with Crippen LogP contribution in [0.2, 0.25) is 0 Å². The highest BCUT2D eigenvalue weighted by Crippen LogP contribution is 2.42. The number of amides is 2. The minimum atomic E-state index is -4.46. The molecular formula is C22H24N2O7S. The van der Waals surface area contributed by atoms with Crippen molar-refractivity contribution in [1.29, 1.82) is 0 Å². The number of hydrogen-bond donors (Lipinski definition) is 1. The molecule has 1 aliphatic rings. The van der Waals surface area contributed by atoms with E-state index in [9.17, 15) is 22.8 Å². The predicted octanol–water partition coefficient (Wildman–Crippen LogP) is 2.32. The van der Waals surface area contributed by atoms with E-state index >= 15 is 0 Å². The second kappa shape index (κ2) is 8.99. The lowest BCUT2D eigenvalue weighted by molar-refractivity contribution is -0.166. The number of benzene rings is 2. The molecule has 1 atom stereocenters. The third-order valence-electron chi connectivity index (χ3n) is 5.04. The normalized spacial score (nSPS) is 17.5. The number of carbonyl (C=O) groups is 3. The van der Waals surface area contributed by atoms with Crippen LogP contribution in [0.4, 0.5) is 4.79 Å². The molecule has 0 unspecified atom stereocenters. The zero-order valence-corrected chi connectivity index (χ0v) is 18.7. The first-order chi connectivity index (χ1) is 15.2. The van der Waals surface area contributed by atoms with Gasteiger partial charge in [0.1, 0.15) is 6.04 Å². The zero-order valence-electron chi connectivity index (χ0n) is 17.9. The van der Waals surface area contributed by atoms with Gasteiger partial charge in [-0.3, -0.25) is 0 Å². The van der Waals surface area contributed by atoms with Gasteiger partial charge in [-0.05, 0) is 38.5 Å². The fourth-order valence-electron chi connectivity index (χ4n) is 3.58. The molecule has 0 saturated carbocycles. The van der Waals surface area contributed by atoms with E-state index in [1.165, 1.54) is 38.1 Å². The molecule has 1 aliphatic heterocycles. The Morgan fingerprint density at radius 1 is 0.969 bits per heavy atom. The van der Waals surface area contributed by atoms with Crippen molar-refractivity contribution in [2.75, 3.05) is 13.2 Å². The van der Waals surface area contributed by atoms with E-state index in [-0.39, 0.29) is 23.7 Å². The lowest BCUT2D eigenvalue weighted by atomic mass is 9.86. The summed E-state index contributed by atoms with van der Waals surface area (Å²) >= 11 is 0. The first-order valence-electron chi connectivity index (χ1n) is 10.0. The van der Waals surface area contributed by atoms with Gasteiger partial charge in [0.2, 0.25) is 0 Å². The summed E-state index contributed by atoms with van der Waals surface area (Å²) in [6.07, 6.45) is 0. The Labute approximate surface area is 186 Å². The predicted molar refractivity (Wildman–Crippen MR) is 114 cm³/mol. The van der Waals surface area contributed by atoms with Crippen LogP contribution in [-0.4, -0.2) is 49.4 Å². The van der Waals surface area contributed by atoms with Crippen molar-refractivity contribution < 1.29 is 32.3 Å². The van der Waals surface area contributed by atoms with E-state index in [4.69, 9.17) is 9.47 Å². The first kappa shape index (κ1) is 23.3. The van der Waals surface area contributed by atoms with Gasteiger partial charge in [-0.2, -0.15) is 0 Å². The summed E-state index contributed by atoms with van der Waals surface area (Å²) < 4.78 is 37.8. The minimum absolute atomic E-state index is 0.0952. The Morgan fingerprint density at radius 3 is 2.00 bits per heavy atom. The fourth-order valence-corrected chi connectivity index (χ4v) is 5.10. The summed E-state index contributed by atoms with van der Waals surface area (Å²) in [5.41, 5.74) is -1.35. The van der Waals surface area contributed by atoms with Crippen molar-refractivity contribution in [2.45, 2.75) is 37.2 Å². The molecule has 170 valence electrons. The number of carbonyl (C=O) groups excluding carboxylic acids is 3. The minimum Gasteiger partial charge on any atom is -0.464 e. The maximum Gasteiger partial charge on any atom is 0.346 e. The molecule has 1 heterocycles. The summed E-state index contributed by atoms with van der Waals surface area (Å²) in [6, 6.07) is 11.1. The highest BCUT2D eigenvalue weighted by molar-refractivity contribution is 7.89. The molecule has 1 N–H and O–H groups in total. The highest BCUT2D eigenvalue weighted by atomic mass is 32.2. The van der Waals surface area contributed by atoms with E-state index in [0.717, 1.165) is 5.56 Å². The average Bonchev–Trinajstić information content (AvgIpc) is 3.10. The van der Waals surface area contributed by atoms with Crippen LogP contribution in [0.5, 0.6) is 0 Å². The van der Waals surface area contributed by atoms with Crippen molar-refractivity contribution in [2.24, 2.45) is 0 Å². The van der Waals surface area contributed by atoms with E-state index in [1.807, 2.05) is 0 Å². The van der Waals surface area contributed by atoms with E-state index < -0.39 is 39.6 Å². The summed E-state index contributed by atoms with van der Waals surface area (Å²) in [7, 11) is -4.46. The lowest BCUT2D eigenvalue weighted by Crippen LogP contribution is -2.60. The first-order valence-corrected chi connectivity index (χ1v) is 11.5. The number of nitrogens with one attached hydrogen (secondary N) is 1. The van der Waals surface area contributed by atoms with Gasteiger partial charge < -0.3 is 14.8 Å². The third kappa shape index (κ3) is 3.81. The molecule has 2 aromatic rings. The average molecular weight is 461 g/mol. The van der Waals surface area contributed by atoms with Crippen LogP contribution in [0.1, 0.15) is 31.0 Å². The van der Waals surface area contributed by atoms with Crippen molar-refractivity contribution in [3.8, 4) is 0 Å². The zero-order chi connectivity index (χ0) is 23.5. The molecule has 0 aliphatic carbocycles. The number of esters is 2. The Bertz CT molecular complexity index is 1100. The molecule has 0 bridgehead atoms. The van der Waals surface area contributed by atoms with Gasteiger partial charge in [-0.1, -0.05) is 48.0 Å². The van der Waals surface area contributed by atoms with Crippen LogP contribution >= 0.6 is 0 Å².